The molecule has 3 N–H and O–H groups in total. The summed E-state index contributed by atoms with van der Waals surface area (Å²) in [5.74, 6) is 0. The maximum absolute atomic E-state index is 5.98. The Balaban J connectivity index is 2.09. The number of nitrogens with two attached hydrogens (primary N) is 1. The fourth-order valence-corrected chi connectivity index (χ4v) is 2.23. The van der Waals surface area contributed by atoms with Gasteiger partial charge < -0.3 is 11.1 Å². The van der Waals surface area contributed by atoms with Crippen molar-refractivity contribution in [3.63, 3.8) is 0 Å². The van der Waals surface area contributed by atoms with Crippen LogP contribution in [0.3, 0.4) is 0 Å². The Labute approximate surface area is 116 Å². The van der Waals surface area contributed by atoms with Gasteiger partial charge in [-0.1, -0.05) is 17.7 Å². The van der Waals surface area contributed by atoms with Gasteiger partial charge in [0.15, 0.2) is 0 Å². The minimum Gasteiger partial charge on any atom is -0.398 e. The summed E-state index contributed by atoms with van der Waals surface area (Å²) < 4.78 is 0. The molecular formula is C15H12ClN3. The molecule has 3 nitrogen and oxygen atoms in total. The van der Waals surface area contributed by atoms with E-state index in [1.807, 2.05) is 42.5 Å². The topological polar surface area (TPSA) is 50.9 Å². The first kappa shape index (κ1) is 11.8. The molecule has 0 aliphatic carbocycles. The number of hydrogen-bond acceptors (Lipinski definition) is 3. The monoisotopic (exact) mass is 269 g/mol. The van der Waals surface area contributed by atoms with E-state index in [2.05, 4.69) is 10.3 Å². The molecule has 94 valence electrons. The minimum absolute atomic E-state index is 0.697. The molecule has 0 aliphatic rings. The fourth-order valence-electron chi connectivity index (χ4n) is 2.04. The third-order valence-corrected chi connectivity index (χ3v) is 3.19. The molecule has 0 unspecified atom stereocenters. The van der Waals surface area contributed by atoms with E-state index in [1.54, 1.807) is 12.4 Å². The lowest BCUT2D eigenvalue weighted by atomic mass is 10.1. The lowest BCUT2D eigenvalue weighted by Gasteiger charge is -2.11. The SMILES string of the molecule is Nc1ccc(Nc2cccc(Cl)c2)c2cnccc12. The Hall–Kier alpha value is -2.26. The van der Waals surface area contributed by atoms with E-state index < -0.39 is 0 Å². The molecule has 0 radical (unpaired) electrons. The standard InChI is InChI=1S/C15H12ClN3/c16-10-2-1-3-11(8-10)19-15-5-4-14(17)12-6-7-18-9-13(12)15/h1-9,19H,17H2. The molecular weight excluding hydrogens is 258 g/mol. The van der Waals surface area contributed by atoms with Crippen LogP contribution in [0.4, 0.5) is 17.1 Å². The van der Waals surface area contributed by atoms with E-state index in [1.165, 1.54) is 0 Å². The number of anilines is 3. The van der Waals surface area contributed by atoms with Gasteiger partial charge in [0.2, 0.25) is 0 Å². The maximum atomic E-state index is 5.98. The van der Waals surface area contributed by atoms with Crippen molar-refractivity contribution >= 4 is 39.4 Å². The summed E-state index contributed by atoms with van der Waals surface area (Å²) in [7, 11) is 0. The van der Waals surface area contributed by atoms with Gasteiger partial charge in [-0.15, -0.1) is 0 Å². The minimum atomic E-state index is 0.697. The van der Waals surface area contributed by atoms with Crippen LogP contribution in [-0.2, 0) is 0 Å². The van der Waals surface area contributed by atoms with Gasteiger partial charge in [-0.25, -0.2) is 0 Å². The highest BCUT2D eigenvalue weighted by Crippen LogP contribution is 2.30. The Morgan fingerprint density at radius 1 is 1.05 bits per heavy atom. The Morgan fingerprint density at radius 3 is 2.79 bits per heavy atom. The second-order valence-corrected chi connectivity index (χ2v) is 4.70. The number of benzene rings is 2. The highest BCUT2D eigenvalue weighted by molar-refractivity contribution is 6.30. The highest BCUT2D eigenvalue weighted by Gasteiger charge is 2.04. The van der Waals surface area contributed by atoms with E-state index in [0.717, 1.165) is 27.8 Å². The number of nitrogens with zero attached hydrogens (tertiary/aromatic N) is 1. The van der Waals surface area contributed by atoms with Crippen molar-refractivity contribution in [2.24, 2.45) is 0 Å². The summed E-state index contributed by atoms with van der Waals surface area (Å²) in [6.45, 7) is 0. The lowest BCUT2D eigenvalue weighted by Crippen LogP contribution is -1.94. The molecule has 0 aliphatic heterocycles. The van der Waals surface area contributed by atoms with E-state index in [9.17, 15) is 0 Å². The third kappa shape index (κ3) is 2.33. The van der Waals surface area contributed by atoms with Crippen LogP contribution in [0.15, 0.2) is 54.9 Å². The number of halogens is 1. The van der Waals surface area contributed by atoms with E-state index >= 15 is 0 Å². The van der Waals surface area contributed by atoms with Crippen molar-refractivity contribution in [2.45, 2.75) is 0 Å². The molecule has 4 heteroatoms. The van der Waals surface area contributed by atoms with Gasteiger partial charge in [0.25, 0.3) is 0 Å². The predicted octanol–water partition coefficient (Wildman–Crippen LogP) is 4.21. The van der Waals surface area contributed by atoms with E-state index in [-0.39, 0.29) is 0 Å². The molecule has 19 heavy (non-hydrogen) atoms. The van der Waals surface area contributed by atoms with Crippen molar-refractivity contribution in [3.8, 4) is 0 Å². The average Bonchev–Trinajstić information content (AvgIpc) is 2.42. The molecule has 0 saturated heterocycles. The van der Waals surface area contributed by atoms with Crippen molar-refractivity contribution in [3.05, 3.63) is 59.9 Å². The lowest BCUT2D eigenvalue weighted by molar-refractivity contribution is 1.36. The molecule has 2 aromatic carbocycles. The zero-order valence-corrected chi connectivity index (χ0v) is 10.9. The number of nitrogens with one attached hydrogen (secondary N) is 1. The van der Waals surface area contributed by atoms with Crippen LogP contribution in [0, 0.1) is 0 Å². The number of aromatic nitrogens is 1. The number of nitrogen functional groups attached to an aromatic ring is 1. The number of hydrogen-bond donors (Lipinski definition) is 2. The highest BCUT2D eigenvalue weighted by atomic mass is 35.5. The zero-order valence-electron chi connectivity index (χ0n) is 10.1. The molecule has 0 saturated carbocycles. The van der Waals surface area contributed by atoms with Crippen molar-refractivity contribution in [2.75, 3.05) is 11.1 Å². The third-order valence-electron chi connectivity index (χ3n) is 2.96. The second-order valence-electron chi connectivity index (χ2n) is 4.26. The summed E-state index contributed by atoms with van der Waals surface area (Å²) in [6.07, 6.45) is 3.54. The van der Waals surface area contributed by atoms with Gasteiger partial charge in [0.05, 0.1) is 0 Å². The maximum Gasteiger partial charge on any atom is 0.0481 e. The van der Waals surface area contributed by atoms with Gasteiger partial charge in [-0.3, -0.25) is 4.98 Å². The summed E-state index contributed by atoms with van der Waals surface area (Å²) in [5, 5.41) is 6.01. The van der Waals surface area contributed by atoms with Crippen LogP contribution < -0.4 is 11.1 Å². The first-order valence-electron chi connectivity index (χ1n) is 5.89. The Bertz CT molecular complexity index is 740. The zero-order chi connectivity index (χ0) is 13.2. The van der Waals surface area contributed by atoms with Crippen molar-refractivity contribution < 1.29 is 0 Å². The molecule has 3 rings (SSSR count). The van der Waals surface area contributed by atoms with Gasteiger partial charge in [-0.2, -0.15) is 0 Å². The van der Waals surface area contributed by atoms with Gasteiger partial charge >= 0.3 is 0 Å². The van der Waals surface area contributed by atoms with Crippen LogP contribution >= 0.6 is 11.6 Å². The van der Waals surface area contributed by atoms with E-state index in [0.29, 0.717) is 5.02 Å². The average molecular weight is 270 g/mol. The van der Waals surface area contributed by atoms with Crippen molar-refractivity contribution in [1.82, 2.24) is 4.98 Å². The predicted molar refractivity (Wildman–Crippen MR) is 80.9 cm³/mol. The molecule has 0 fully saturated rings. The van der Waals surface area contributed by atoms with Gasteiger partial charge in [-0.05, 0) is 36.4 Å². The quantitative estimate of drug-likeness (QED) is 0.685. The Kier molecular flexibility index (Phi) is 2.97. The first-order valence-corrected chi connectivity index (χ1v) is 6.26. The molecule has 1 aromatic heterocycles. The summed E-state index contributed by atoms with van der Waals surface area (Å²) >= 11 is 5.98. The largest absolute Gasteiger partial charge is 0.398 e. The normalized spacial score (nSPS) is 10.6. The van der Waals surface area contributed by atoms with Crippen LogP contribution in [0.25, 0.3) is 10.8 Å². The van der Waals surface area contributed by atoms with Gasteiger partial charge in [0.1, 0.15) is 0 Å². The van der Waals surface area contributed by atoms with Crippen LogP contribution in [-0.4, -0.2) is 4.98 Å². The van der Waals surface area contributed by atoms with E-state index in [4.69, 9.17) is 17.3 Å². The number of rotatable bonds is 2. The number of pyridine rings is 1. The molecule has 0 atom stereocenters. The summed E-state index contributed by atoms with van der Waals surface area (Å²) in [5.41, 5.74) is 8.60. The van der Waals surface area contributed by atoms with Crippen LogP contribution in [0.2, 0.25) is 5.02 Å². The molecule has 0 amide bonds. The smallest absolute Gasteiger partial charge is 0.0481 e. The van der Waals surface area contributed by atoms with Crippen molar-refractivity contribution in [1.29, 1.82) is 0 Å². The first-order chi connectivity index (χ1) is 9.24. The molecule has 0 spiro atoms. The summed E-state index contributed by atoms with van der Waals surface area (Å²) in [6, 6.07) is 13.3. The second kappa shape index (κ2) is 4.78. The van der Waals surface area contributed by atoms with Crippen LogP contribution in [0.5, 0.6) is 0 Å². The summed E-state index contributed by atoms with van der Waals surface area (Å²) in [4.78, 5) is 4.15. The number of fused-ring (bicyclic) bond motifs is 1. The fraction of sp³-hybridized carbons (Fsp3) is 0. The Morgan fingerprint density at radius 2 is 1.95 bits per heavy atom. The molecule has 0 bridgehead atoms. The molecule has 1 heterocycles. The van der Waals surface area contributed by atoms with Gasteiger partial charge in [0, 0.05) is 45.3 Å². The molecule has 3 aromatic rings. The van der Waals surface area contributed by atoms with Crippen LogP contribution in [0.1, 0.15) is 0 Å².